The first-order valence-corrected chi connectivity index (χ1v) is 10.3. The van der Waals surface area contributed by atoms with E-state index < -0.39 is 0 Å². The highest BCUT2D eigenvalue weighted by Gasteiger charge is 2.24. The van der Waals surface area contributed by atoms with E-state index in [1.165, 1.54) is 4.88 Å². The van der Waals surface area contributed by atoms with Crippen LogP contribution in [0.15, 0.2) is 4.99 Å². The Balaban J connectivity index is 1.44. The van der Waals surface area contributed by atoms with E-state index in [1.54, 1.807) is 11.3 Å². The van der Waals surface area contributed by atoms with Crippen molar-refractivity contribution in [2.45, 2.75) is 20.4 Å². The number of nitrogens with zero attached hydrogens (tertiary/aromatic N) is 5. The molecule has 150 valence electrons. The van der Waals surface area contributed by atoms with Gasteiger partial charge in [-0.2, -0.15) is 0 Å². The van der Waals surface area contributed by atoms with Crippen LogP contribution in [0.3, 0.4) is 0 Å². The van der Waals surface area contributed by atoms with Crippen LogP contribution in [-0.4, -0.2) is 97.6 Å². The standard InChI is InChI=1S/C18H30N6O2S/c1-14-16(27-15(2)21-14)12-20-18(19-3)24-6-4-22(5-7-24)13-17(25)23-8-10-26-11-9-23/h4-13H2,1-3H3,(H,19,20). The third-order valence-corrected chi connectivity index (χ3v) is 6.09. The van der Waals surface area contributed by atoms with E-state index in [9.17, 15) is 4.79 Å². The van der Waals surface area contributed by atoms with Crippen LogP contribution in [0.5, 0.6) is 0 Å². The van der Waals surface area contributed by atoms with Gasteiger partial charge in [0.05, 0.1) is 37.0 Å². The van der Waals surface area contributed by atoms with Crippen molar-refractivity contribution in [3.05, 3.63) is 15.6 Å². The Labute approximate surface area is 165 Å². The Kier molecular flexibility index (Phi) is 7.03. The molecule has 0 aromatic carbocycles. The van der Waals surface area contributed by atoms with Crippen LogP contribution in [0.1, 0.15) is 15.6 Å². The second-order valence-electron chi connectivity index (χ2n) is 6.90. The Morgan fingerprint density at radius 2 is 1.85 bits per heavy atom. The molecule has 0 saturated carbocycles. The number of hydrogen-bond donors (Lipinski definition) is 1. The summed E-state index contributed by atoms with van der Waals surface area (Å²) in [6.45, 7) is 11.6. The fourth-order valence-corrected chi connectivity index (χ4v) is 4.33. The van der Waals surface area contributed by atoms with Crippen molar-refractivity contribution in [2.24, 2.45) is 4.99 Å². The van der Waals surface area contributed by atoms with Gasteiger partial charge in [-0.3, -0.25) is 14.7 Å². The number of aryl methyl sites for hydroxylation is 2. The summed E-state index contributed by atoms with van der Waals surface area (Å²) >= 11 is 1.73. The predicted molar refractivity (Wildman–Crippen MR) is 107 cm³/mol. The van der Waals surface area contributed by atoms with Crippen LogP contribution in [0.4, 0.5) is 0 Å². The van der Waals surface area contributed by atoms with Crippen LogP contribution < -0.4 is 5.32 Å². The van der Waals surface area contributed by atoms with Crippen LogP contribution >= 0.6 is 11.3 Å². The minimum atomic E-state index is 0.213. The minimum absolute atomic E-state index is 0.213. The van der Waals surface area contributed by atoms with Crippen LogP contribution in [-0.2, 0) is 16.1 Å². The Hall–Kier alpha value is -1.71. The van der Waals surface area contributed by atoms with Crippen molar-refractivity contribution in [1.82, 2.24) is 25.0 Å². The predicted octanol–water partition coefficient (Wildman–Crippen LogP) is 0.312. The number of carbonyl (C=O) groups excluding carboxylic acids is 1. The average Bonchev–Trinajstić information content (AvgIpc) is 3.01. The summed E-state index contributed by atoms with van der Waals surface area (Å²) in [5.74, 6) is 1.13. The number of hydrogen-bond acceptors (Lipinski definition) is 6. The number of guanidine groups is 1. The lowest BCUT2D eigenvalue weighted by atomic mass is 10.3. The maximum absolute atomic E-state index is 12.4. The molecule has 1 aromatic heterocycles. The lowest BCUT2D eigenvalue weighted by Gasteiger charge is -2.37. The highest BCUT2D eigenvalue weighted by Crippen LogP contribution is 2.16. The Morgan fingerprint density at radius 1 is 1.15 bits per heavy atom. The maximum atomic E-state index is 12.4. The van der Waals surface area contributed by atoms with E-state index in [0.29, 0.717) is 32.8 Å². The molecule has 2 fully saturated rings. The summed E-state index contributed by atoms with van der Waals surface area (Å²) in [6, 6.07) is 0. The summed E-state index contributed by atoms with van der Waals surface area (Å²) in [7, 11) is 1.82. The molecule has 2 saturated heterocycles. The molecule has 3 heterocycles. The quantitative estimate of drug-likeness (QED) is 0.585. The van der Waals surface area contributed by atoms with E-state index in [-0.39, 0.29) is 5.91 Å². The molecule has 2 aliphatic heterocycles. The number of piperazine rings is 1. The number of amides is 1. The topological polar surface area (TPSA) is 73.3 Å². The lowest BCUT2D eigenvalue weighted by molar-refractivity contribution is -0.136. The van der Waals surface area contributed by atoms with Crippen LogP contribution in [0, 0.1) is 13.8 Å². The zero-order chi connectivity index (χ0) is 19.2. The highest BCUT2D eigenvalue weighted by molar-refractivity contribution is 7.11. The second-order valence-corrected chi connectivity index (χ2v) is 8.19. The minimum Gasteiger partial charge on any atom is -0.378 e. The molecule has 27 heavy (non-hydrogen) atoms. The monoisotopic (exact) mass is 394 g/mol. The van der Waals surface area contributed by atoms with Crippen molar-refractivity contribution in [2.75, 3.05) is 66.1 Å². The molecule has 0 atom stereocenters. The fraction of sp³-hybridized carbons (Fsp3) is 0.722. The molecule has 0 aliphatic carbocycles. The van der Waals surface area contributed by atoms with Gasteiger partial charge in [-0.1, -0.05) is 0 Å². The smallest absolute Gasteiger partial charge is 0.236 e. The van der Waals surface area contributed by atoms with Crippen molar-refractivity contribution in [3.63, 3.8) is 0 Å². The molecule has 1 amide bonds. The molecule has 9 heteroatoms. The molecule has 0 bridgehead atoms. The van der Waals surface area contributed by atoms with Crippen molar-refractivity contribution in [1.29, 1.82) is 0 Å². The van der Waals surface area contributed by atoms with Crippen LogP contribution in [0.2, 0.25) is 0 Å². The molecule has 0 unspecified atom stereocenters. The van der Waals surface area contributed by atoms with Gasteiger partial charge < -0.3 is 19.9 Å². The summed E-state index contributed by atoms with van der Waals surface area (Å²) in [5.41, 5.74) is 1.09. The van der Waals surface area contributed by atoms with Crippen molar-refractivity contribution >= 4 is 23.2 Å². The maximum Gasteiger partial charge on any atom is 0.236 e. The fourth-order valence-electron chi connectivity index (χ4n) is 3.45. The van der Waals surface area contributed by atoms with E-state index >= 15 is 0 Å². The van der Waals surface area contributed by atoms with Gasteiger partial charge in [0, 0.05) is 51.2 Å². The summed E-state index contributed by atoms with van der Waals surface area (Å²) in [4.78, 5) is 29.0. The second kappa shape index (κ2) is 9.48. The van der Waals surface area contributed by atoms with Gasteiger partial charge in [0.1, 0.15) is 0 Å². The first kappa shape index (κ1) is 20.0. The number of nitrogens with one attached hydrogen (secondary N) is 1. The third-order valence-electron chi connectivity index (χ3n) is 5.01. The molecule has 3 rings (SSSR count). The van der Waals surface area contributed by atoms with Gasteiger partial charge in [0.25, 0.3) is 0 Å². The van der Waals surface area contributed by atoms with Crippen molar-refractivity contribution in [3.8, 4) is 0 Å². The van der Waals surface area contributed by atoms with Gasteiger partial charge in [-0.15, -0.1) is 11.3 Å². The normalized spacial score (nSPS) is 19.4. The SMILES string of the molecule is CN=C(NCc1sc(C)nc1C)N1CCN(CC(=O)N2CCOCC2)CC1. The van der Waals surface area contributed by atoms with Crippen LogP contribution in [0.25, 0.3) is 0 Å². The number of thiazole rings is 1. The summed E-state index contributed by atoms with van der Waals surface area (Å²) in [6.07, 6.45) is 0. The molecule has 2 aliphatic rings. The number of ether oxygens (including phenoxy) is 1. The molecular weight excluding hydrogens is 364 g/mol. The van der Waals surface area contributed by atoms with Gasteiger partial charge >= 0.3 is 0 Å². The van der Waals surface area contributed by atoms with E-state index in [1.807, 2.05) is 25.8 Å². The molecule has 1 N–H and O–H groups in total. The number of carbonyl (C=O) groups is 1. The van der Waals surface area contributed by atoms with E-state index in [0.717, 1.165) is 49.4 Å². The van der Waals surface area contributed by atoms with Gasteiger partial charge in [0.2, 0.25) is 5.91 Å². The molecule has 8 nitrogen and oxygen atoms in total. The van der Waals surface area contributed by atoms with E-state index in [4.69, 9.17) is 4.74 Å². The highest BCUT2D eigenvalue weighted by atomic mass is 32.1. The molecule has 0 radical (unpaired) electrons. The molecular formula is C18H30N6O2S. The number of morpholine rings is 1. The molecule has 1 aromatic rings. The largest absolute Gasteiger partial charge is 0.378 e. The average molecular weight is 395 g/mol. The zero-order valence-electron chi connectivity index (χ0n) is 16.5. The van der Waals surface area contributed by atoms with E-state index in [2.05, 4.69) is 25.1 Å². The number of rotatable bonds is 4. The summed E-state index contributed by atoms with van der Waals surface area (Å²) in [5, 5.41) is 4.55. The lowest BCUT2D eigenvalue weighted by Crippen LogP contribution is -2.54. The molecule has 0 spiro atoms. The first-order valence-electron chi connectivity index (χ1n) is 9.53. The van der Waals surface area contributed by atoms with Gasteiger partial charge in [-0.25, -0.2) is 4.98 Å². The summed E-state index contributed by atoms with van der Waals surface area (Å²) < 4.78 is 5.32. The first-order chi connectivity index (χ1) is 13.1. The Morgan fingerprint density at radius 3 is 2.44 bits per heavy atom. The van der Waals surface area contributed by atoms with Gasteiger partial charge in [-0.05, 0) is 13.8 Å². The number of aromatic nitrogens is 1. The zero-order valence-corrected chi connectivity index (χ0v) is 17.3. The number of aliphatic imine (C=N–C) groups is 1. The third kappa shape index (κ3) is 5.40. The Bertz CT molecular complexity index is 663. The van der Waals surface area contributed by atoms with Gasteiger partial charge in [0.15, 0.2) is 5.96 Å². The van der Waals surface area contributed by atoms with Crippen molar-refractivity contribution < 1.29 is 9.53 Å².